The number of H-pyrrole nitrogens is 1. The van der Waals surface area contributed by atoms with Crippen LogP contribution in [0.2, 0.25) is 0 Å². The minimum absolute atomic E-state index is 0.187. The van der Waals surface area contributed by atoms with Gasteiger partial charge < -0.3 is 15.2 Å². The number of aromatic nitrogens is 4. The van der Waals surface area contributed by atoms with Crippen LogP contribution in [0.4, 0.5) is 11.6 Å². The molecule has 3 aromatic rings. The predicted octanol–water partition coefficient (Wildman–Crippen LogP) is 4.10. The SMILES string of the molecule is CCc1cnc(-c2ccc(C(O)CCOC(C)=O)s2)nc1Nc1cc(C2CC2)[nH]n1. The van der Waals surface area contributed by atoms with E-state index in [1.807, 2.05) is 24.4 Å². The summed E-state index contributed by atoms with van der Waals surface area (Å²) in [5, 5.41) is 21.1. The Morgan fingerprint density at radius 1 is 1.43 bits per heavy atom. The molecule has 8 nitrogen and oxygen atoms in total. The number of ether oxygens (including phenoxy) is 1. The lowest BCUT2D eigenvalue weighted by Crippen LogP contribution is -2.05. The van der Waals surface area contributed by atoms with Crippen molar-refractivity contribution in [3.63, 3.8) is 0 Å². The van der Waals surface area contributed by atoms with E-state index < -0.39 is 6.10 Å². The number of aryl methyl sites for hydroxylation is 1. The van der Waals surface area contributed by atoms with Gasteiger partial charge in [0.15, 0.2) is 11.6 Å². The maximum Gasteiger partial charge on any atom is 0.302 e. The smallest absolute Gasteiger partial charge is 0.302 e. The fourth-order valence-corrected chi connectivity index (χ4v) is 4.10. The molecular weight excluding hydrogens is 402 g/mol. The number of rotatable bonds is 9. The molecule has 1 unspecified atom stereocenters. The lowest BCUT2D eigenvalue weighted by molar-refractivity contribution is -0.141. The van der Waals surface area contributed by atoms with Crippen LogP contribution < -0.4 is 5.32 Å². The number of aliphatic hydroxyl groups excluding tert-OH is 1. The first kappa shape index (κ1) is 20.5. The molecule has 0 spiro atoms. The molecule has 0 saturated heterocycles. The standard InChI is InChI=1S/C21H25N5O3S/c1-3-13-11-22-21(18-7-6-17(30-18)16(28)8-9-29-12(2)27)24-20(13)23-19-10-15(25-26-19)14-4-5-14/h6-7,10-11,14,16,28H,3-5,8-9H2,1-2H3,(H2,22,23,24,25,26). The third-order valence-corrected chi connectivity index (χ3v) is 6.16. The van der Waals surface area contributed by atoms with Gasteiger partial charge in [0.25, 0.3) is 0 Å². The fraction of sp³-hybridized carbons (Fsp3) is 0.429. The summed E-state index contributed by atoms with van der Waals surface area (Å²) in [6.07, 6.45) is 4.72. The first-order valence-electron chi connectivity index (χ1n) is 10.1. The maximum absolute atomic E-state index is 10.9. The zero-order valence-corrected chi connectivity index (χ0v) is 17.8. The number of nitrogens with zero attached hydrogens (tertiary/aromatic N) is 3. The zero-order valence-electron chi connectivity index (χ0n) is 17.0. The summed E-state index contributed by atoms with van der Waals surface area (Å²) in [4.78, 5) is 21.7. The highest BCUT2D eigenvalue weighted by Gasteiger charge is 2.25. The van der Waals surface area contributed by atoms with E-state index in [0.717, 1.165) is 39.1 Å². The van der Waals surface area contributed by atoms with Crippen molar-refractivity contribution in [2.75, 3.05) is 11.9 Å². The van der Waals surface area contributed by atoms with Gasteiger partial charge in [0.1, 0.15) is 5.82 Å². The Morgan fingerprint density at radius 3 is 3.00 bits per heavy atom. The molecule has 0 aliphatic heterocycles. The summed E-state index contributed by atoms with van der Waals surface area (Å²) in [7, 11) is 0. The molecule has 0 bridgehead atoms. The van der Waals surface area contributed by atoms with Gasteiger partial charge in [-0.05, 0) is 31.4 Å². The molecular formula is C21H25N5O3S. The molecule has 1 fully saturated rings. The summed E-state index contributed by atoms with van der Waals surface area (Å²) in [6.45, 7) is 3.60. The summed E-state index contributed by atoms with van der Waals surface area (Å²) >= 11 is 1.43. The van der Waals surface area contributed by atoms with Crippen molar-refractivity contribution >= 4 is 28.9 Å². The number of aromatic amines is 1. The number of esters is 1. The van der Waals surface area contributed by atoms with E-state index in [1.165, 1.54) is 31.1 Å². The van der Waals surface area contributed by atoms with Crippen LogP contribution in [0.1, 0.15) is 61.3 Å². The van der Waals surface area contributed by atoms with E-state index in [9.17, 15) is 9.90 Å². The molecule has 1 atom stereocenters. The number of carbonyl (C=O) groups is 1. The zero-order chi connectivity index (χ0) is 21.1. The van der Waals surface area contributed by atoms with Gasteiger partial charge in [-0.25, -0.2) is 9.97 Å². The number of anilines is 2. The van der Waals surface area contributed by atoms with Crippen LogP contribution in [0.25, 0.3) is 10.7 Å². The number of carbonyl (C=O) groups excluding carboxylic acids is 1. The average molecular weight is 428 g/mol. The number of hydrogen-bond donors (Lipinski definition) is 3. The average Bonchev–Trinajstić information content (AvgIpc) is 3.27. The lowest BCUT2D eigenvalue weighted by Gasteiger charge is -2.09. The van der Waals surface area contributed by atoms with Crippen molar-refractivity contribution in [1.82, 2.24) is 20.2 Å². The molecule has 9 heteroatoms. The topological polar surface area (TPSA) is 113 Å². The first-order valence-corrected chi connectivity index (χ1v) is 10.9. The van der Waals surface area contributed by atoms with Crippen molar-refractivity contribution < 1.29 is 14.6 Å². The quantitative estimate of drug-likeness (QED) is 0.441. The molecule has 0 radical (unpaired) electrons. The number of thiophene rings is 1. The highest BCUT2D eigenvalue weighted by atomic mass is 32.1. The Bertz CT molecular complexity index is 1030. The van der Waals surface area contributed by atoms with E-state index in [4.69, 9.17) is 9.72 Å². The number of nitrogens with one attached hydrogen (secondary N) is 2. The first-order chi connectivity index (χ1) is 14.5. The second-order valence-corrected chi connectivity index (χ2v) is 8.49. The summed E-state index contributed by atoms with van der Waals surface area (Å²) < 4.78 is 4.91. The second kappa shape index (κ2) is 8.93. The predicted molar refractivity (Wildman–Crippen MR) is 115 cm³/mol. The molecule has 3 aromatic heterocycles. The van der Waals surface area contributed by atoms with Crippen molar-refractivity contribution in [1.29, 1.82) is 0 Å². The highest BCUT2D eigenvalue weighted by Crippen LogP contribution is 2.40. The molecule has 30 heavy (non-hydrogen) atoms. The highest BCUT2D eigenvalue weighted by molar-refractivity contribution is 7.15. The van der Waals surface area contributed by atoms with E-state index in [1.54, 1.807) is 0 Å². The Balaban J connectivity index is 1.49. The monoisotopic (exact) mass is 427 g/mol. The molecule has 3 N–H and O–H groups in total. The lowest BCUT2D eigenvalue weighted by atomic mass is 10.2. The Labute approximate surface area is 178 Å². The van der Waals surface area contributed by atoms with Crippen molar-refractivity contribution in [2.24, 2.45) is 0 Å². The van der Waals surface area contributed by atoms with E-state index >= 15 is 0 Å². The van der Waals surface area contributed by atoms with Crippen LogP contribution in [-0.4, -0.2) is 37.8 Å². The molecule has 1 saturated carbocycles. The van der Waals surface area contributed by atoms with Crippen molar-refractivity contribution in [3.05, 3.63) is 40.5 Å². The van der Waals surface area contributed by atoms with Crippen LogP contribution in [0.15, 0.2) is 24.4 Å². The second-order valence-electron chi connectivity index (χ2n) is 7.38. The third-order valence-electron chi connectivity index (χ3n) is 4.98. The van der Waals surface area contributed by atoms with Crippen LogP contribution in [0, 0.1) is 0 Å². The Kier molecular flexibility index (Phi) is 6.10. The van der Waals surface area contributed by atoms with Gasteiger partial charge in [0.05, 0.1) is 17.6 Å². The van der Waals surface area contributed by atoms with Crippen LogP contribution in [-0.2, 0) is 16.0 Å². The largest absolute Gasteiger partial charge is 0.466 e. The molecule has 158 valence electrons. The van der Waals surface area contributed by atoms with Crippen LogP contribution >= 0.6 is 11.3 Å². The summed E-state index contributed by atoms with van der Waals surface area (Å²) in [5.41, 5.74) is 2.17. The Hall–Kier alpha value is -2.78. The summed E-state index contributed by atoms with van der Waals surface area (Å²) in [5.74, 6) is 2.35. The number of aliphatic hydroxyl groups is 1. The van der Waals surface area contributed by atoms with E-state index in [2.05, 4.69) is 27.4 Å². The minimum Gasteiger partial charge on any atom is -0.466 e. The van der Waals surface area contributed by atoms with Gasteiger partial charge in [0, 0.05) is 47.7 Å². The molecule has 0 amide bonds. The van der Waals surface area contributed by atoms with Crippen LogP contribution in [0.5, 0.6) is 0 Å². The van der Waals surface area contributed by atoms with Crippen molar-refractivity contribution in [2.45, 2.75) is 51.6 Å². The molecule has 0 aromatic carbocycles. The van der Waals surface area contributed by atoms with Gasteiger partial charge in [-0.1, -0.05) is 6.92 Å². The fourth-order valence-electron chi connectivity index (χ4n) is 3.13. The molecule has 1 aliphatic carbocycles. The Morgan fingerprint density at radius 2 is 2.27 bits per heavy atom. The van der Waals surface area contributed by atoms with Gasteiger partial charge in [-0.15, -0.1) is 11.3 Å². The third kappa shape index (κ3) is 4.85. The molecule has 3 heterocycles. The van der Waals surface area contributed by atoms with Gasteiger partial charge in [-0.2, -0.15) is 5.10 Å². The minimum atomic E-state index is -0.694. The van der Waals surface area contributed by atoms with Crippen LogP contribution in [0.3, 0.4) is 0 Å². The van der Waals surface area contributed by atoms with Gasteiger partial charge in [0.2, 0.25) is 0 Å². The maximum atomic E-state index is 10.9. The van der Waals surface area contributed by atoms with Crippen molar-refractivity contribution in [3.8, 4) is 10.7 Å². The van der Waals surface area contributed by atoms with E-state index in [0.29, 0.717) is 18.2 Å². The van der Waals surface area contributed by atoms with E-state index in [-0.39, 0.29) is 12.6 Å². The summed E-state index contributed by atoms with van der Waals surface area (Å²) in [6, 6.07) is 5.80. The normalized spacial score (nSPS) is 14.5. The molecule has 4 rings (SSSR count). The number of hydrogen-bond acceptors (Lipinski definition) is 8. The van der Waals surface area contributed by atoms with Gasteiger partial charge >= 0.3 is 5.97 Å². The van der Waals surface area contributed by atoms with Gasteiger partial charge in [-0.3, -0.25) is 9.89 Å². The molecule has 1 aliphatic rings.